The lowest BCUT2D eigenvalue weighted by molar-refractivity contribution is 0.181. The molecule has 0 bridgehead atoms. The van der Waals surface area contributed by atoms with Gasteiger partial charge in [0.15, 0.2) is 5.82 Å². The van der Waals surface area contributed by atoms with E-state index in [-0.39, 0.29) is 5.82 Å². The molecule has 1 heterocycles. The number of anilines is 1. The molecule has 0 saturated heterocycles. The number of benzene rings is 1. The van der Waals surface area contributed by atoms with Crippen molar-refractivity contribution in [2.45, 2.75) is 26.9 Å². The van der Waals surface area contributed by atoms with E-state index in [2.05, 4.69) is 22.2 Å². The lowest BCUT2D eigenvalue weighted by Crippen LogP contribution is -2.06. The SMILES string of the molecule is CCCNc1cc(COC)nc(-c2cc(F)ccc2C)n1. The Balaban J connectivity index is 2.45. The fourth-order valence-electron chi connectivity index (χ4n) is 2.02. The quantitative estimate of drug-likeness (QED) is 0.883. The van der Waals surface area contributed by atoms with Crippen LogP contribution in [-0.4, -0.2) is 23.6 Å². The van der Waals surface area contributed by atoms with Crippen molar-refractivity contribution in [1.29, 1.82) is 0 Å². The summed E-state index contributed by atoms with van der Waals surface area (Å²) in [5.74, 6) is 0.956. The molecule has 0 aliphatic heterocycles. The summed E-state index contributed by atoms with van der Waals surface area (Å²) in [5.41, 5.74) is 2.41. The molecule has 1 aromatic heterocycles. The van der Waals surface area contributed by atoms with Crippen LogP contribution in [-0.2, 0) is 11.3 Å². The number of nitrogens with zero attached hydrogens (tertiary/aromatic N) is 2. The van der Waals surface area contributed by atoms with Gasteiger partial charge in [0.05, 0.1) is 12.3 Å². The van der Waals surface area contributed by atoms with E-state index in [1.165, 1.54) is 12.1 Å². The lowest BCUT2D eigenvalue weighted by atomic mass is 10.1. The van der Waals surface area contributed by atoms with Gasteiger partial charge in [-0.1, -0.05) is 13.0 Å². The molecule has 2 rings (SSSR count). The van der Waals surface area contributed by atoms with Gasteiger partial charge in [-0.15, -0.1) is 0 Å². The fourth-order valence-corrected chi connectivity index (χ4v) is 2.02. The number of hydrogen-bond acceptors (Lipinski definition) is 4. The number of methoxy groups -OCH3 is 1. The van der Waals surface area contributed by atoms with Gasteiger partial charge in [0, 0.05) is 25.3 Å². The Kier molecular flexibility index (Phi) is 5.22. The maximum atomic E-state index is 13.5. The molecule has 0 spiro atoms. The minimum Gasteiger partial charge on any atom is -0.378 e. The average Bonchev–Trinajstić information content (AvgIpc) is 2.48. The molecule has 4 nitrogen and oxygen atoms in total. The van der Waals surface area contributed by atoms with Crippen molar-refractivity contribution in [2.75, 3.05) is 19.0 Å². The van der Waals surface area contributed by atoms with Crippen molar-refractivity contribution in [1.82, 2.24) is 9.97 Å². The Morgan fingerprint density at radius 3 is 2.76 bits per heavy atom. The van der Waals surface area contributed by atoms with Gasteiger partial charge in [0.2, 0.25) is 0 Å². The first-order valence-corrected chi connectivity index (χ1v) is 7.01. The van der Waals surface area contributed by atoms with Crippen molar-refractivity contribution in [3.05, 3.63) is 41.3 Å². The van der Waals surface area contributed by atoms with E-state index in [9.17, 15) is 4.39 Å². The van der Waals surface area contributed by atoms with Gasteiger partial charge < -0.3 is 10.1 Å². The van der Waals surface area contributed by atoms with E-state index >= 15 is 0 Å². The Morgan fingerprint density at radius 1 is 1.24 bits per heavy atom. The zero-order chi connectivity index (χ0) is 15.2. The molecular weight excluding hydrogens is 269 g/mol. The molecule has 21 heavy (non-hydrogen) atoms. The lowest BCUT2D eigenvalue weighted by Gasteiger charge is -2.11. The second-order valence-corrected chi connectivity index (χ2v) is 4.89. The zero-order valence-electron chi connectivity index (χ0n) is 12.6. The van der Waals surface area contributed by atoms with E-state index in [1.54, 1.807) is 13.2 Å². The van der Waals surface area contributed by atoms with Crippen LogP contribution >= 0.6 is 0 Å². The molecule has 2 aromatic rings. The molecule has 1 N–H and O–H groups in total. The molecule has 0 unspecified atom stereocenters. The number of halogens is 1. The summed E-state index contributed by atoms with van der Waals surface area (Å²) >= 11 is 0. The summed E-state index contributed by atoms with van der Waals surface area (Å²) in [4.78, 5) is 8.94. The van der Waals surface area contributed by atoms with Crippen LogP contribution in [0.15, 0.2) is 24.3 Å². The number of rotatable bonds is 6. The Labute approximate surface area is 124 Å². The number of nitrogens with one attached hydrogen (secondary N) is 1. The predicted octanol–water partition coefficient (Wildman–Crippen LogP) is 3.56. The standard InChI is InChI=1S/C16H20FN3O/c1-4-7-18-15-9-13(10-21-3)19-16(20-15)14-8-12(17)6-5-11(14)2/h5-6,8-9H,4,7,10H2,1-3H3,(H,18,19,20). The summed E-state index contributed by atoms with van der Waals surface area (Å²) < 4.78 is 18.6. The van der Waals surface area contributed by atoms with E-state index in [1.807, 2.05) is 13.0 Å². The fraction of sp³-hybridized carbons (Fsp3) is 0.375. The maximum Gasteiger partial charge on any atom is 0.162 e. The van der Waals surface area contributed by atoms with Gasteiger partial charge in [-0.3, -0.25) is 0 Å². The van der Waals surface area contributed by atoms with Crippen LogP contribution < -0.4 is 5.32 Å². The highest BCUT2D eigenvalue weighted by atomic mass is 19.1. The third-order valence-corrected chi connectivity index (χ3v) is 3.07. The molecule has 0 radical (unpaired) electrons. The predicted molar refractivity (Wildman–Crippen MR) is 81.7 cm³/mol. The van der Waals surface area contributed by atoms with Gasteiger partial charge >= 0.3 is 0 Å². The first-order chi connectivity index (χ1) is 10.1. The Morgan fingerprint density at radius 2 is 2.05 bits per heavy atom. The number of ether oxygens (including phenoxy) is 1. The zero-order valence-corrected chi connectivity index (χ0v) is 12.6. The highest BCUT2D eigenvalue weighted by Crippen LogP contribution is 2.23. The van der Waals surface area contributed by atoms with Crippen LogP contribution in [0.5, 0.6) is 0 Å². The number of aryl methyl sites for hydroxylation is 1. The van der Waals surface area contributed by atoms with Crippen LogP contribution in [0.1, 0.15) is 24.6 Å². The monoisotopic (exact) mass is 289 g/mol. The summed E-state index contributed by atoms with van der Waals surface area (Å²) in [6.07, 6.45) is 0.998. The molecule has 0 amide bonds. The van der Waals surface area contributed by atoms with Crippen LogP contribution in [0.2, 0.25) is 0 Å². The highest BCUT2D eigenvalue weighted by molar-refractivity contribution is 5.61. The van der Waals surface area contributed by atoms with Crippen molar-refractivity contribution in [3.63, 3.8) is 0 Å². The number of hydrogen-bond donors (Lipinski definition) is 1. The second-order valence-electron chi connectivity index (χ2n) is 4.89. The van der Waals surface area contributed by atoms with Crippen molar-refractivity contribution in [3.8, 4) is 11.4 Å². The van der Waals surface area contributed by atoms with Gasteiger partial charge in [-0.25, -0.2) is 14.4 Å². The van der Waals surface area contributed by atoms with Gasteiger partial charge in [0.25, 0.3) is 0 Å². The molecule has 1 aromatic carbocycles. The first kappa shape index (κ1) is 15.4. The van der Waals surface area contributed by atoms with Gasteiger partial charge in [-0.2, -0.15) is 0 Å². The molecule has 0 saturated carbocycles. The van der Waals surface area contributed by atoms with Crippen molar-refractivity contribution < 1.29 is 9.13 Å². The second kappa shape index (κ2) is 7.13. The molecule has 0 aliphatic rings. The molecular formula is C16H20FN3O. The first-order valence-electron chi connectivity index (χ1n) is 7.01. The van der Waals surface area contributed by atoms with E-state index in [0.717, 1.165) is 30.0 Å². The topological polar surface area (TPSA) is 47.0 Å². The molecule has 0 aliphatic carbocycles. The third-order valence-electron chi connectivity index (χ3n) is 3.07. The Hall–Kier alpha value is -2.01. The van der Waals surface area contributed by atoms with Crippen LogP contribution in [0.4, 0.5) is 10.2 Å². The summed E-state index contributed by atoms with van der Waals surface area (Å²) in [7, 11) is 1.62. The minimum absolute atomic E-state index is 0.292. The van der Waals surface area contributed by atoms with Crippen LogP contribution in [0.3, 0.4) is 0 Å². The summed E-state index contributed by atoms with van der Waals surface area (Å²) in [6.45, 7) is 5.22. The van der Waals surface area contributed by atoms with E-state index in [4.69, 9.17) is 4.74 Å². The normalized spacial score (nSPS) is 10.7. The minimum atomic E-state index is -0.292. The van der Waals surface area contributed by atoms with E-state index in [0.29, 0.717) is 18.0 Å². The molecule has 0 atom stereocenters. The highest BCUT2D eigenvalue weighted by Gasteiger charge is 2.10. The molecule has 0 fully saturated rings. The number of aromatic nitrogens is 2. The average molecular weight is 289 g/mol. The van der Waals surface area contributed by atoms with E-state index < -0.39 is 0 Å². The van der Waals surface area contributed by atoms with Crippen molar-refractivity contribution in [2.24, 2.45) is 0 Å². The van der Waals surface area contributed by atoms with Gasteiger partial charge in [-0.05, 0) is 31.0 Å². The smallest absolute Gasteiger partial charge is 0.162 e. The van der Waals surface area contributed by atoms with Crippen LogP contribution in [0, 0.1) is 12.7 Å². The Bertz CT molecular complexity index is 616. The molecule has 5 heteroatoms. The van der Waals surface area contributed by atoms with Crippen molar-refractivity contribution >= 4 is 5.82 Å². The summed E-state index contributed by atoms with van der Waals surface area (Å²) in [5, 5.41) is 3.24. The summed E-state index contributed by atoms with van der Waals surface area (Å²) in [6, 6.07) is 6.49. The maximum absolute atomic E-state index is 13.5. The third kappa shape index (κ3) is 3.98. The van der Waals surface area contributed by atoms with Crippen LogP contribution in [0.25, 0.3) is 11.4 Å². The van der Waals surface area contributed by atoms with Gasteiger partial charge in [0.1, 0.15) is 11.6 Å². The molecule has 112 valence electrons. The largest absolute Gasteiger partial charge is 0.378 e.